The lowest BCUT2D eigenvalue weighted by Crippen LogP contribution is -2.33. The third-order valence-electron chi connectivity index (χ3n) is 3.31. The molecule has 1 saturated heterocycles. The van der Waals surface area contributed by atoms with E-state index < -0.39 is 0 Å². The minimum absolute atomic E-state index is 0.0241. The van der Waals surface area contributed by atoms with Crippen LogP contribution in [-0.4, -0.2) is 19.3 Å². The molecule has 0 radical (unpaired) electrons. The van der Waals surface area contributed by atoms with Crippen LogP contribution in [0, 0.1) is 0 Å². The van der Waals surface area contributed by atoms with E-state index in [1.165, 1.54) is 0 Å². The maximum absolute atomic E-state index is 5.84. The highest BCUT2D eigenvalue weighted by atomic mass is 79.9. The Bertz CT molecular complexity index is 565. The molecule has 0 unspecified atom stereocenters. The van der Waals surface area contributed by atoms with Crippen LogP contribution in [0.3, 0.4) is 0 Å². The summed E-state index contributed by atoms with van der Waals surface area (Å²) < 4.78 is 18.4. The molecular formula is C17H17BrO3. The Morgan fingerprint density at radius 2 is 1.76 bits per heavy atom. The number of benzene rings is 2. The lowest BCUT2D eigenvalue weighted by atomic mass is 10.2. The van der Waals surface area contributed by atoms with Crippen molar-refractivity contribution in [1.29, 1.82) is 0 Å². The first-order chi connectivity index (χ1) is 10.3. The molecule has 0 atom stereocenters. The van der Waals surface area contributed by atoms with Crippen molar-refractivity contribution in [2.24, 2.45) is 0 Å². The molecule has 3 nitrogen and oxygen atoms in total. The maximum atomic E-state index is 5.84. The van der Waals surface area contributed by atoms with Crippen molar-refractivity contribution in [2.75, 3.05) is 13.2 Å². The number of rotatable bonds is 4. The van der Waals surface area contributed by atoms with Crippen molar-refractivity contribution in [3.63, 3.8) is 0 Å². The minimum Gasteiger partial charge on any atom is -0.369 e. The Balaban J connectivity index is 1.48. The van der Waals surface area contributed by atoms with Crippen molar-refractivity contribution < 1.29 is 14.2 Å². The van der Waals surface area contributed by atoms with E-state index in [1.54, 1.807) is 0 Å². The molecule has 1 aliphatic rings. The van der Waals surface area contributed by atoms with Crippen LogP contribution in [-0.2, 0) is 20.8 Å². The molecule has 4 heteroatoms. The van der Waals surface area contributed by atoms with Crippen LogP contribution < -0.4 is 0 Å². The Morgan fingerprint density at radius 1 is 1.00 bits per heavy atom. The molecule has 0 bridgehead atoms. The maximum Gasteiger partial charge on any atom is 0.184 e. The number of halogens is 1. The molecule has 21 heavy (non-hydrogen) atoms. The molecule has 0 saturated carbocycles. The van der Waals surface area contributed by atoms with Crippen molar-refractivity contribution in [3.05, 3.63) is 70.2 Å². The van der Waals surface area contributed by atoms with Crippen molar-refractivity contribution in [1.82, 2.24) is 0 Å². The molecule has 2 aromatic rings. The predicted molar refractivity (Wildman–Crippen MR) is 83.8 cm³/mol. The van der Waals surface area contributed by atoms with E-state index in [9.17, 15) is 0 Å². The fourth-order valence-corrected chi connectivity index (χ4v) is 2.67. The van der Waals surface area contributed by atoms with Gasteiger partial charge in [-0.25, -0.2) is 0 Å². The van der Waals surface area contributed by atoms with Crippen LogP contribution in [0.15, 0.2) is 59.1 Å². The van der Waals surface area contributed by atoms with Gasteiger partial charge in [-0.2, -0.15) is 0 Å². The summed E-state index contributed by atoms with van der Waals surface area (Å²) in [5.41, 5.74) is 2.18. The SMILES string of the molecule is Brc1cccc(CO[C@H]2CO[C@@H](c3ccccc3)OC2)c1. The molecule has 110 valence electrons. The average Bonchev–Trinajstić information content (AvgIpc) is 2.54. The summed E-state index contributed by atoms with van der Waals surface area (Å²) in [6, 6.07) is 18.1. The van der Waals surface area contributed by atoms with Crippen molar-refractivity contribution >= 4 is 15.9 Å². The van der Waals surface area contributed by atoms with E-state index in [-0.39, 0.29) is 12.4 Å². The van der Waals surface area contributed by atoms with Crippen molar-refractivity contribution in [3.8, 4) is 0 Å². The van der Waals surface area contributed by atoms with Gasteiger partial charge in [0.2, 0.25) is 0 Å². The van der Waals surface area contributed by atoms with Gasteiger partial charge in [-0.1, -0.05) is 58.4 Å². The molecule has 0 aliphatic carbocycles. The van der Waals surface area contributed by atoms with E-state index >= 15 is 0 Å². The van der Waals surface area contributed by atoms with Gasteiger partial charge in [0.15, 0.2) is 6.29 Å². The molecule has 0 spiro atoms. The third-order valence-corrected chi connectivity index (χ3v) is 3.81. The quantitative estimate of drug-likeness (QED) is 0.833. The zero-order chi connectivity index (χ0) is 14.5. The molecule has 2 aromatic carbocycles. The zero-order valence-corrected chi connectivity index (χ0v) is 13.2. The van der Waals surface area contributed by atoms with Gasteiger partial charge in [0, 0.05) is 10.0 Å². The van der Waals surface area contributed by atoms with E-state index in [1.807, 2.05) is 48.5 Å². The first kappa shape index (κ1) is 14.7. The lowest BCUT2D eigenvalue weighted by molar-refractivity contribution is -0.232. The van der Waals surface area contributed by atoms with E-state index in [2.05, 4.69) is 22.0 Å². The van der Waals surface area contributed by atoms with Gasteiger partial charge in [-0.15, -0.1) is 0 Å². The second-order valence-corrected chi connectivity index (χ2v) is 5.89. The number of hydrogen-bond acceptors (Lipinski definition) is 3. The molecule has 1 aliphatic heterocycles. The predicted octanol–water partition coefficient (Wildman–Crippen LogP) is 4.08. The molecule has 3 rings (SSSR count). The highest BCUT2D eigenvalue weighted by Gasteiger charge is 2.23. The number of hydrogen-bond donors (Lipinski definition) is 0. The molecule has 1 fully saturated rings. The fourth-order valence-electron chi connectivity index (χ4n) is 2.23. The molecule has 0 amide bonds. The number of ether oxygens (including phenoxy) is 3. The normalized spacial score (nSPS) is 22.1. The average molecular weight is 349 g/mol. The molecule has 1 heterocycles. The standard InChI is InChI=1S/C17H17BrO3/c18-15-8-4-5-13(9-15)10-19-16-11-20-17(21-12-16)14-6-2-1-3-7-14/h1-9,16-17H,10-12H2/t16-,17+. The largest absolute Gasteiger partial charge is 0.369 e. The van der Waals surface area contributed by atoms with Gasteiger partial charge in [-0.05, 0) is 17.7 Å². The van der Waals surface area contributed by atoms with Crippen LogP contribution in [0.4, 0.5) is 0 Å². The third kappa shape index (κ3) is 4.14. The van der Waals surface area contributed by atoms with Gasteiger partial charge < -0.3 is 14.2 Å². The van der Waals surface area contributed by atoms with Crippen LogP contribution in [0.25, 0.3) is 0 Å². The molecular weight excluding hydrogens is 332 g/mol. The Labute approximate surface area is 133 Å². The first-order valence-corrected chi connectivity index (χ1v) is 7.75. The summed E-state index contributed by atoms with van der Waals surface area (Å²) in [5, 5.41) is 0. The second-order valence-electron chi connectivity index (χ2n) is 4.97. The topological polar surface area (TPSA) is 27.7 Å². The highest BCUT2D eigenvalue weighted by Crippen LogP contribution is 2.24. The van der Waals surface area contributed by atoms with Crippen LogP contribution >= 0.6 is 15.9 Å². The molecule has 0 N–H and O–H groups in total. The Morgan fingerprint density at radius 3 is 2.48 bits per heavy atom. The van der Waals surface area contributed by atoms with E-state index in [4.69, 9.17) is 14.2 Å². The van der Waals surface area contributed by atoms with Gasteiger partial charge >= 0.3 is 0 Å². The summed E-state index contributed by atoms with van der Waals surface area (Å²) in [6.07, 6.45) is -0.305. The monoisotopic (exact) mass is 348 g/mol. The highest BCUT2D eigenvalue weighted by molar-refractivity contribution is 9.10. The Kier molecular flexibility index (Phi) is 5.04. The minimum atomic E-state index is -0.281. The van der Waals surface area contributed by atoms with Gasteiger partial charge in [-0.3, -0.25) is 0 Å². The zero-order valence-electron chi connectivity index (χ0n) is 11.6. The van der Waals surface area contributed by atoms with Gasteiger partial charge in [0.1, 0.15) is 6.10 Å². The van der Waals surface area contributed by atoms with Gasteiger partial charge in [0.25, 0.3) is 0 Å². The molecule has 0 aromatic heterocycles. The second kappa shape index (κ2) is 7.18. The summed E-state index contributed by atoms with van der Waals surface area (Å²) >= 11 is 3.46. The van der Waals surface area contributed by atoms with Gasteiger partial charge in [0.05, 0.1) is 19.8 Å². The summed E-state index contributed by atoms with van der Waals surface area (Å²) in [5.74, 6) is 0. The smallest absolute Gasteiger partial charge is 0.184 e. The fraction of sp³-hybridized carbons (Fsp3) is 0.294. The van der Waals surface area contributed by atoms with Crippen LogP contribution in [0.1, 0.15) is 17.4 Å². The first-order valence-electron chi connectivity index (χ1n) is 6.95. The van der Waals surface area contributed by atoms with Crippen LogP contribution in [0.5, 0.6) is 0 Å². The van der Waals surface area contributed by atoms with Crippen molar-refractivity contribution in [2.45, 2.75) is 19.0 Å². The van der Waals surface area contributed by atoms with E-state index in [0.717, 1.165) is 15.6 Å². The Hall–Kier alpha value is -1.20. The van der Waals surface area contributed by atoms with Crippen LogP contribution in [0.2, 0.25) is 0 Å². The summed E-state index contributed by atoms with van der Waals surface area (Å²) in [7, 11) is 0. The summed E-state index contributed by atoms with van der Waals surface area (Å²) in [6.45, 7) is 1.66. The van der Waals surface area contributed by atoms with E-state index in [0.29, 0.717) is 19.8 Å². The summed E-state index contributed by atoms with van der Waals surface area (Å²) in [4.78, 5) is 0. The lowest BCUT2D eigenvalue weighted by Gasteiger charge is -2.29.